The van der Waals surface area contributed by atoms with Gasteiger partial charge >= 0.3 is 0 Å². The summed E-state index contributed by atoms with van der Waals surface area (Å²) in [6.45, 7) is 2.83. The van der Waals surface area contributed by atoms with Gasteiger partial charge in [0.1, 0.15) is 0 Å². The van der Waals surface area contributed by atoms with Crippen molar-refractivity contribution >= 4 is 5.91 Å². The van der Waals surface area contributed by atoms with Crippen LogP contribution in [0.2, 0.25) is 0 Å². The first-order valence-corrected chi connectivity index (χ1v) is 7.22. The van der Waals surface area contributed by atoms with Gasteiger partial charge in [-0.2, -0.15) is 0 Å². The highest BCUT2D eigenvalue weighted by Gasteiger charge is 2.33. The first-order valence-electron chi connectivity index (χ1n) is 7.22. The van der Waals surface area contributed by atoms with Crippen molar-refractivity contribution < 1.29 is 4.79 Å². The van der Waals surface area contributed by atoms with Crippen LogP contribution in [0.15, 0.2) is 0 Å². The van der Waals surface area contributed by atoms with Crippen LogP contribution in [0.1, 0.15) is 51.9 Å². The standard InChI is InChI=1S/C14H26N2O/c1-10(11-5-2-3-6-11)16-14(17)13-8-4-7-12(13)9-15/h10-13H,2-9,15H2,1H3,(H,16,17). The van der Waals surface area contributed by atoms with Crippen LogP contribution in [0, 0.1) is 17.8 Å². The van der Waals surface area contributed by atoms with Crippen molar-refractivity contribution in [1.82, 2.24) is 5.32 Å². The Kier molecular flexibility index (Phi) is 4.43. The predicted molar refractivity (Wildman–Crippen MR) is 69.4 cm³/mol. The zero-order valence-corrected chi connectivity index (χ0v) is 11.0. The van der Waals surface area contributed by atoms with E-state index in [4.69, 9.17) is 5.73 Å². The van der Waals surface area contributed by atoms with Gasteiger partial charge in [0.05, 0.1) is 0 Å². The molecule has 0 spiro atoms. The lowest BCUT2D eigenvalue weighted by atomic mass is 9.93. The second-order valence-corrected chi connectivity index (χ2v) is 5.87. The van der Waals surface area contributed by atoms with Crippen LogP contribution in [0.5, 0.6) is 0 Å². The molecule has 0 radical (unpaired) electrons. The van der Waals surface area contributed by atoms with E-state index in [2.05, 4.69) is 12.2 Å². The number of carbonyl (C=O) groups excluding carboxylic acids is 1. The first-order chi connectivity index (χ1) is 8.22. The van der Waals surface area contributed by atoms with Crippen LogP contribution in [0.3, 0.4) is 0 Å². The SMILES string of the molecule is CC(NC(=O)C1CCCC1CN)C1CCCC1. The minimum absolute atomic E-state index is 0.184. The fraction of sp³-hybridized carbons (Fsp3) is 0.929. The number of rotatable bonds is 4. The number of carbonyl (C=O) groups is 1. The van der Waals surface area contributed by atoms with E-state index < -0.39 is 0 Å². The monoisotopic (exact) mass is 238 g/mol. The normalized spacial score (nSPS) is 31.6. The highest BCUT2D eigenvalue weighted by molar-refractivity contribution is 5.79. The van der Waals surface area contributed by atoms with Gasteiger partial charge in [-0.1, -0.05) is 19.3 Å². The van der Waals surface area contributed by atoms with E-state index in [-0.39, 0.29) is 11.8 Å². The second-order valence-electron chi connectivity index (χ2n) is 5.87. The van der Waals surface area contributed by atoms with Crippen molar-refractivity contribution in [2.24, 2.45) is 23.5 Å². The van der Waals surface area contributed by atoms with Crippen LogP contribution in [-0.4, -0.2) is 18.5 Å². The molecule has 0 aromatic heterocycles. The highest BCUT2D eigenvalue weighted by Crippen LogP contribution is 2.32. The van der Waals surface area contributed by atoms with Gasteiger partial charge < -0.3 is 11.1 Å². The molecule has 0 aromatic rings. The van der Waals surface area contributed by atoms with Crippen LogP contribution >= 0.6 is 0 Å². The van der Waals surface area contributed by atoms with Gasteiger partial charge in [0, 0.05) is 12.0 Å². The van der Waals surface area contributed by atoms with E-state index in [9.17, 15) is 4.79 Å². The molecular formula is C14H26N2O. The van der Waals surface area contributed by atoms with Crippen LogP contribution < -0.4 is 11.1 Å². The summed E-state index contributed by atoms with van der Waals surface area (Å²) in [6, 6.07) is 0.351. The molecule has 0 aromatic carbocycles. The van der Waals surface area contributed by atoms with Crippen molar-refractivity contribution in [2.75, 3.05) is 6.54 Å². The highest BCUT2D eigenvalue weighted by atomic mass is 16.2. The third-order valence-corrected chi connectivity index (χ3v) is 4.78. The molecule has 2 fully saturated rings. The average Bonchev–Trinajstić information content (AvgIpc) is 2.99. The maximum atomic E-state index is 12.2. The molecule has 17 heavy (non-hydrogen) atoms. The lowest BCUT2D eigenvalue weighted by molar-refractivity contribution is -0.126. The maximum absolute atomic E-state index is 12.2. The van der Waals surface area contributed by atoms with Crippen molar-refractivity contribution in [3.63, 3.8) is 0 Å². The van der Waals surface area contributed by atoms with Gasteiger partial charge in [-0.3, -0.25) is 4.79 Å². The van der Waals surface area contributed by atoms with E-state index >= 15 is 0 Å². The average molecular weight is 238 g/mol. The van der Waals surface area contributed by atoms with Crippen molar-refractivity contribution in [1.29, 1.82) is 0 Å². The van der Waals surface area contributed by atoms with Crippen LogP contribution in [0.25, 0.3) is 0 Å². The Balaban J connectivity index is 1.83. The number of nitrogens with one attached hydrogen (secondary N) is 1. The zero-order chi connectivity index (χ0) is 12.3. The summed E-state index contributed by atoms with van der Waals surface area (Å²) in [5, 5.41) is 3.23. The molecule has 3 heteroatoms. The number of nitrogens with two attached hydrogens (primary N) is 1. The molecule has 1 amide bonds. The van der Waals surface area contributed by atoms with Gasteiger partial charge in [-0.15, -0.1) is 0 Å². The Morgan fingerprint density at radius 2 is 1.94 bits per heavy atom. The molecule has 98 valence electrons. The van der Waals surface area contributed by atoms with E-state index in [0.717, 1.165) is 19.3 Å². The molecule has 0 saturated heterocycles. The zero-order valence-electron chi connectivity index (χ0n) is 11.0. The third kappa shape index (κ3) is 3.01. The summed E-state index contributed by atoms with van der Waals surface area (Å²) in [5.41, 5.74) is 5.73. The van der Waals surface area contributed by atoms with E-state index in [0.29, 0.717) is 24.4 Å². The molecule has 2 rings (SSSR count). The minimum atomic E-state index is 0.184. The first kappa shape index (κ1) is 12.9. The summed E-state index contributed by atoms with van der Waals surface area (Å²) in [7, 11) is 0. The quantitative estimate of drug-likeness (QED) is 0.787. The Hall–Kier alpha value is -0.570. The molecule has 0 bridgehead atoms. The number of hydrogen-bond donors (Lipinski definition) is 2. The summed E-state index contributed by atoms with van der Waals surface area (Å²) in [4.78, 5) is 12.2. The third-order valence-electron chi connectivity index (χ3n) is 4.78. The second kappa shape index (κ2) is 5.85. The molecular weight excluding hydrogens is 212 g/mol. The summed E-state index contributed by atoms with van der Waals surface area (Å²) < 4.78 is 0. The number of hydrogen-bond acceptors (Lipinski definition) is 2. The molecule has 3 N–H and O–H groups in total. The smallest absolute Gasteiger partial charge is 0.223 e. The minimum Gasteiger partial charge on any atom is -0.353 e. The van der Waals surface area contributed by atoms with Gasteiger partial charge in [-0.25, -0.2) is 0 Å². The summed E-state index contributed by atoms with van der Waals surface area (Å²) >= 11 is 0. The Bertz CT molecular complexity index is 261. The maximum Gasteiger partial charge on any atom is 0.223 e. The van der Waals surface area contributed by atoms with E-state index in [1.165, 1.54) is 25.7 Å². The van der Waals surface area contributed by atoms with Gasteiger partial charge in [0.2, 0.25) is 5.91 Å². The fourth-order valence-corrected chi connectivity index (χ4v) is 3.57. The fourth-order valence-electron chi connectivity index (χ4n) is 3.57. The molecule has 2 aliphatic rings. The summed E-state index contributed by atoms with van der Waals surface area (Å²) in [5.74, 6) is 1.57. The molecule has 0 aliphatic heterocycles. The van der Waals surface area contributed by atoms with Crippen molar-refractivity contribution in [3.05, 3.63) is 0 Å². The van der Waals surface area contributed by atoms with Crippen LogP contribution in [-0.2, 0) is 4.79 Å². The lowest BCUT2D eigenvalue weighted by Gasteiger charge is -2.24. The predicted octanol–water partition coefficient (Wildman–Crippen LogP) is 2.06. The van der Waals surface area contributed by atoms with Gasteiger partial charge in [0.25, 0.3) is 0 Å². The Labute approximate surface area is 105 Å². The van der Waals surface area contributed by atoms with Gasteiger partial charge in [-0.05, 0) is 51.0 Å². The molecule has 0 heterocycles. The molecule has 2 saturated carbocycles. The van der Waals surface area contributed by atoms with E-state index in [1.807, 2.05) is 0 Å². The molecule has 3 unspecified atom stereocenters. The van der Waals surface area contributed by atoms with Crippen molar-refractivity contribution in [2.45, 2.75) is 57.9 Å². The topological polar surface area (TPSA) is 55.1 Å². The Morgan fingerprint density at radius 1 is 1.24 bits per heavy atom. The number of amides is 1. The van der Waals surface area contributed by atoms with Crippen molar-refractivity contribution in [3.8, 4) is 0 Å². The molecule has 2 aliphatic carbocycles. The van der Waals surface area contributed by atoms with Crippen LogP contribution in [0.4, 0.5) is 0 Å². The van der Waals surface area contributed by atoms with E-state index in [1.54, 1.807) is 0 Å². The summed E-state index contributed by atoms with van der Waals surface area (Å²) in [6.07, 6.45) is 8.56. The lowest BCUT2D eigenvalue weighted by Crippen LogP contribution is -2.42. The van der Waals surface area contributed by atoms with Gasteiger partial charge in [0.15, 0.2) is 0 Å². The molecule has 3 atom stereocenters. The Morgan fingerprint density at radius 3 is 2.59 bits per heavy atom. The largest absolute Gasteiger partial charge is 0.353 e. The molecule has 3 nitrogen and oxygen atoms in total.